The quantitative estimate of drug-likeness (QED) is 0.401. The molecule has 0 unspecified atom stereocenters. The van der Waals surface area contributed by atoms with Gasteiger partial charge in [0, 0.05) is 29.9 Å². The summed E-state index contributed by atoms with van der Waals surface area (Å²) in [6.45, 7) is 1.57. The molecule has 1 aliphatic rings. The monoisotopic (exact) mass is 422 g/mol. The fourth-order valence-electron chi connectivity index (χ4n) is 4.01. The zero-order valence-corrected chi connectivity index (χ0v) is 18.1. The van der Waals surface area contributed by atoms with Crippen molar-refractivity contribution in [3.8, 4) is 22.8 Å². The second-order valence-corrected chi connectivity index (χ2v) is 7.73. The first kappa shape index (κ1) is 19.8. The van der Waals surface area contributed by atoms with Gasteiger partial charge in [-0.25, -0.2) is 0 Å². The van der Waals surface area contributed by atoms with Crippen LogP contribution in [0.25, 0.3) is 22.6 Å². The topological polar surface area (TPSA) is 53.4 Å². The highest BCUT2D eigenvalue weighted by molar-refractivity contribution is 6.02. The van der Waals surface area contributed by atoms with Gasteiger partial charge in [-0.1, -0.05) is 48.5 Å². The lowest BCUT2D eigenvalue weighted by molar-refractivity contribution is 0.101. The lowest BCUT2D eigenvalue weighted by Gasteiger charge is -2.23. The van der Waals surface area contributed by atoms with Crippen molar-refractivity contribution < 1.29 is 14.3 Å². The van der Waals surface area contributed by atoms with Crippen molar-refractivity contribution in [2.45, 2.75) is 6.92 Å². The number of methoxy groups -OCH3 is 1. The average Bonchev–Trinajstić information content (AvgIpc) is 3.22. The number of carbonyl (C=O) groups is 1. The number of nitrogens with zero attached hydrogens (tertiary/aromatic N) is 2. The fourth-order valence-corrected chi connectivity index (χ4v) is 4.01. The molecule has 0 amide bonds. The summed E-state index contributed by atoms with van der Waals surface area (Å²) < 4.78 is 13.7. The molecule has 0 saturated carbocycles. The number of para-hydroxylation sites is 1. The number of hydrogen-bond donors (Lipinski definition) is 0. The second-order valence-electron chi connectivity index (χ2n) is 7.73. The average molecular weight is 422 g/mol. The SMILES string of the molecule is COc1ccc(C(=C2Oc3ccccc3-c3nn(C)cc32)c2ccc(C(C)=O)cc2)cc1. The number of benzene rings is 3. The molecule has 3 aromatic carbocycles. The van der Waals surface area contributed by atoms with E-state index in [2.05, 4.69) is 0 Å². The zero-order chi connectivity index (χ0) is 22.2. The minimum Gasteiger partial charge on any atom is -0.497 e. The molecule has 158 valence electrons. The highest BCUT2D eigenvalue weighted by Gasteiger charge is 2.28. The summed E-state index contributed by atoms with van der Waals surface area (Å²) in [5, 5.41) is 4.72. The van der Waals surface area contributed by atoms with Crippen LogP contribution in [0.3, 0.4) is 0 Å². The first-order valence-electron chi connectivity index (χ1n) is 10.4. The Labute approximate surface area is 186 Å². The van der Waals surface area contributed by atoms with Gasteiger partial charge < -0.3 is 9.47 Å². The molecule has 5 rings (SSSR count). The molecule has 0 aliphatic carbocycles. The number of aryl methyl sites for hydroxylation is 1. The summed E-state index contributed by atoms with van der Waals surface area (Å²) in [6, 6.07) is 23.4. The molecule has 4 aromatic rings. The van der Waals surface area contributed by atoms with Crippen LogP contribution in [0.4, 0.5) is 0 Å². The second kappa shape index (κ2) is 7.85. The molecule has 5 heteroatoms. The van der Waals surface area contributed by atoms with Crippen molar-refractivity contribution in [3.63, 3.8) is 0 Å². The number of carbonyl (C=O) groups excluding carboxylic acids is 1. The third-order valence-electron chi connectivity index (χ3n) is 5.61. The number of Topliss-reactive ketones (excluding diaryl/α,β-unsaturated/α-hetero) is 1. The number of ketones is 1. The lowest BCUT2D eigenvalue weighted by Crippen LogP contribution is -2.07. The number of hydrogen-bond acceptors (Lipinski definition) is 4. The van der Waals surface area contributed by atoms with Crippen LogP contribution in [0.15, 0.2) is 79.0 Å². The Morgan fingerprint density at radius 3 is 2.16 bits per heavy atom. The molecule has 5 nitrogen and oxygen atoms in total. The Hall–Kier alpha value is -4.12. The van der Waals surface area contributed by atoms with Crippen molar-refractivity contribution in [2.24, 2.45) is 7.05 Å². The van der Waals surface area contributed by atoms with Gasteiger partial charge in [-0.15, -0.1) is 0 Å². The van der Waals surface area contributed by atoms with Gasteiger partial charge in [0.1, 0.15) is 23.0 Å². The number of ether oxygens (including phenoxy) is 2. The van der Waals surface area contributed by atoms with Crippen molar-refractivity contribution >= 4 is 17.1 Å². The van der Waals surface area contributed by atoms with Crippen LogP contribution in [0.2, 0.25) is 0 Å². The minimum absolute atomic E-state index is 0.0348. The van der Waals surface area contributed by atoms with Crippen molar-refractivity contribution in [3.05, 3.63) is 101 Å². The molecule has 0 radical (unpaired) electrons. The standard InChI is InChI=1S/C27H22N2O3/c1-17(30)18-8-10-19(11-9-18)25(20-12-14-21(31-3)15-13-20)27-23-16-29(2)28-26(23)22-6-4-5-7-24(22)32-27/h4-16H,1-3H3. The van der Waals surface area contributed by atoms with E-state index in [9.17, 15) is 4.79 Å². The van der Waals surface area contributed by atoms with E-state index in [1.807, 2.05) is 86.0 Å². The van der Waals surface area contributed by atoms with E-state index < -0.39 is 0 Å². The first-order chi connectivity index (χ1) is 15.5. The van der Waals surface area contributed by atoms with E-state index in [1.165, 1.54) is 0 Å². The molecular weight excluding hydrogens is 400 g/mol. The number of fused-ring (bicyclic) bond motifs is 3. The molecule has 32 heavy (non-hydrogen) atoms. The molecule has 0 atom stereocenters. The van der Waals surface area contributed by atoms with Crippen LogP contribution in [-0.4, -0.2) is 22.7 Å². The fraction of sp³-hybridized carbons (Fsp3) is 0.111. The summed E-state index contributed by atoms with van der Waals surface area (Å²) in [5.74, 6) is 2.31. The van der Waals surface area contributed by atoms with Gasteiger partial charge in [-0.05, 0) is 42.3 Å². The summed E-state index contributed by atoms with van der Waals surface area (Å²) in [4.78, 5) is 11.8. The van der Waals surface area contributed by atoms with E-state index in [0.29, 0.717) is 5.56 Å². The predicted octanol–water partition coefficient (Wildman–Crippen LogP) is 5.61. The Bertz CT molecular complexity index is 1350. The van der Waals surface area contributed by atoms with Gasteiger partial charge in [-0.3, -0.25) is 9.48 Å². The Balaban J connectivity index is 1.78. The van der Waals surface area contributed by atoms with Crippen molar-refractivity contribution in [1.29, 1.82) is 0 Å². The van der Waals surface area contributed by atoms with Gasteiger partial charge in [0.15, 0.2) is 5.78 Å². The molecule has 0 spiro atoms. The molecule has 2 heterocycles. The van der Waals surface area contributed by atoms with Gasteiger partial charge >= 0.3 is 0 Å². The van der Waals surface area contributed by atoms with E-state index in [0.717, 1.165) is 50.8 Å². The van der Waals surface area contributed by atoms with Crippen molar-refractivity contribution in [2.75, 3.05) is 7.11 Å². The van der Waals surface area contributed by atoms with Crippen molar-refractivity contribution in [1.82, 2.24) is 9.78 Å². The van der Waals surface area contributed by atoms with E-state index in [4.69, 9.17) is 14.6 Å². The Kier molecular flexibility index (Phi) is 4.86. The van der Waals surface area contributed by atoms with Gasteiger partial charge in [0.2, 0.25) is 0 Å². The summed E-state index contributed by atoms with van der Waals surface area (Å²) in [6.07, 6.45) is 1.98. The maximum Gasteiger partial charge on any atom is 0.159 e. The summed E-state index contributed by atoms with van der Waals surface area (Å²) in [5.41, 5.74) is 6.29. The third-order valence-corrected chi connectivity index (χ3v) is 5.61. The van der Waals surface area contributed by atoms with E-state index >= 15 is 0 Å². The molecule has 0 N–H and O–H groups in total. The third kappa shape index (κ3) is 3.38. The highest BCUT2D eigenvalue weighted by Crippen LogP contribution is 2.45. The highest BCUT2D eigenvalue weighted by atomic mass is 16.5. The summed E-state index contributed by atoms with van der Waals surface area (Å²) in [7, 11) is 3.56. The lowest BCUT2D eigenvalue weighted by atomic mass is 9.91. The van der Waals surface area contributed by atoms with Crippen LogP contribution >= 0.6 is 0 Å². The zero-order valence-electron chi connectivity index (χ0n) is 18.1. The summed E-state index contributed by atoms with van der Waals surface area (Å²) >= 11 is 0. The van der Waals surface area contributed by atoms with Gasteiger partial charge in [0.25, 0.3) is 0 Å². The maximum absolute atomic E-state index is 11.8. The molecule has 1 aliphatic heterocycles. The van der Waals surface area contributed by atoms with E-state index in [1.54, 1.807) is 18.7 Å². The van der Waals surface area contributed by atoms with Crippen LogP contribution in [-0.2, 0) is 7.05 Å². The van der Waals surface area contributed by atoms with Crippen LogP contribution in [0.5, 0.6) is 11.5 Å². The van der Waals surface area contributed by atoms with E-state index in [-0.39, 0.29) is 5.78 Å². The largest absolute Gasteiger partial charge is 0.497 e. The Morgan fingerprint density at radius 2 is 1.50 bits per heavy atom. The molecule has 0 fully saturated rings. The normalized spacial score (nSPS) is 13.6. The van der Waals surface area contributed by atoms with Crippen LogP contribution in [0, 0.1) is 0 Å². The molecule has 0 bridgehead atoms. The minimum atomic E-state index is 0.0348. The number of rotatable bonds is 4. The smallest absolute Gasteiger partial charge is 0.159 e. The Morgan fingerprint density at radius 1 is 0.875 bits per heavy atom. The maximum atomic E-state index is 11.8. The predicted molar refractivity (Wildman–Crippen MR) is 125 cm³/mol. The number of aromatic nitrogens is 2. The molecule has 0 saturated heterocycles. The van der Waals surface area contributed by atoms with Crippen LogP contribution in [0.1, 0.15) is 34.0 Å². The molecular formula is C27H22N2O3. The van der Waals surface area contributed by atoms with Crippen LogP contribution < -0.4 is 9.47 Å². The first-order valence-corrected chi connectivity index (χ1v) is 10.4. The van der Waals surface area contributed by atoms with Gasteiger partial charge in [0.05, 0.1) is 12.7 Å². The van der Waals surface area contributed by atoms with Gasteiger partial charge in [-0.2, -0.15) is 5.10 Å². The molecule has 1 aromatic heterocycles.